The normalized spacial score (nSPS) is 11.7. The Morgan fingerprint density at radius 3 is 2.39 bits per heavy atom. The van der Waals surface area contributed by atoms with Gasteiger partial charge < -0.3 is 19.0 Å². The van der Waals surface area contributed by atoms with Crippen LogP contribution < -0.4 is 9.47 Å². The Balaban J connectivity index is 2.82. The Morgan fingerprint density at radius 1 is 1.22 bits per heavy atom. The molecule has 0 radical (unpaired) electrons. The van der Waals surface area contributed by atoms with Crippen LogP contribution in [0.15, 0.2) is 22.7 Å². The molecule has 1 aromatic rings. The van der Waals surface area contributed by atoms with Crippen molar-refractivity contribution >= 4 is 52.7 Å². The highest BCUT2D eigenvalue weighted by atomic mass is 35.5. The van der Waals surface area contributed by atoms with E-state index in [1.54, 1.807) is 12.1 Å². The van der Waals surface area contributed by atoms with E-state index in [9.17, 15) is 4.79 Å². The monoisotopic (exact) mass is 400 g/mol. The minimum Gasteiger partial charge on any atom is -0.489 e. The highest BCUT2D eigenvalue weighted by Gasteiger charge is 2.16. The molecule has 0 aliphatic rings. The van der Waals surface area contributed by atoms with Gasteiger partial charge in [-0.3, -0.25) is 0 Å². The van der Waals surface area contributed by atoms with Gasteiger partial charge in [-0.05, 0) is 6.08 Å². The second-order valence-electron chi connectivity index (χ2n) is 4.36. The van der Waals surface area contributed by atoms with Gasteiger partial charge in [-0.1, -0.05) is 59.7 Å². The smallest absolute Gasteiger partial charge is 0.200 e. The predicted molar refractivity (Wildman–Crippen MR) is 93.1 cm³/mol. The van der Waals surface area contributed by atoms with Crippen molar-refractivity contribution < 1.29 is 19.0 Å². The van der Waals surface area contributed by atoms with E-state index < -0.39 is 6.29 Å². The molecule has 0 heterocycles. The molecule has 0 saturated heterocycles. The molecule has 1 aromatic carbocycles. The molecule has 0 aliphatic carbocycles. The molecular weight excluding hydrogens is 386 g/mol. The third-order valence-electron chi connectivity index (χ3n) is 2.58. The molecule has 0 aromatic heterocycles. The summed E-state index contributed by atoms with van der Waals surface area (Å²) in [6, 6.07) is 3.11. The molecule has 23 heavy (non-hydrogen) atoms. The van der Waals surface area contributed by atoms with E-state index in [0.717, 1.165) is 6.42 Å². The molecule has 0 amide bonds. The Kier molecular flexibility index (Phi) is 9.75. The van der Waals surface area contributed by atoms with Crippen LogP contribution in [0.3, 0.4) is 0 Å². The van der Waals surface area contributed by atoms with E-state index in [2.05, 4.69) is 0 Å². The standard InChI is InChI=1S/C15H16Cl4O4/c1-2-3-14(22-7-5-20)23-15-11(16)8-10(9-12(15)17)21-6-4-13(18)19/h4-5,8-9,14H,2-3,6-7H2,1H3. The minimum absolute atomic E-state index is 0.0629. The van der Waals surface area contributed by atoms with E-state index in [0.29, 0.717) is 18.5 Å². The zero-order valence-corrected chi connectivity index (χ0v) is 15.4. The lowest BCUT2D eigenvalue weighted by Crippen LogP contribution is -2.21. The van der Waals surface area contributed by atoms with Crippen molar-refractivity contribution in [3.05, 3.63) is 32.7 Å². The number of halogens is 4. The fourth-order valence-corrected chi connectivity index (χ4v) is 2.31. The first-order valence-corrected chi connectivity index (χ1v) is 8.34. The second-order valence-corrected chi connectivity index (χ2v) is 6.18. The number of benzene rings is 1. The van der Waals surface area contributed by atoms with E-state index in [-0.39, 0.29) is 33.5 Å². The van der Waals surface area contributed by atoms with E-state index >= 15 is 0 Å². The van der Waals surface area contributed by atoms with Gasteiger partial charge in [-0.2, -0.15) is 0 Å². The Labute approximate surface area is 155 Å². The van der Waals surface area contributed by atoms with Crippen molar-refractivity contribution in [2.45, 2.75) is 26.1 Å². The van der Waals surface area contributed by atoms with Gasteiger partial charge >= 0.3 is 0 Å². The topological polar surface area (TPSA) is 44.8 Å². The van der Waals surface area contributed by atoms with Gasteiger partial charge in [0, 0.05) is 18.6 Å². The van der Waals surface area contributed by atoms with Crippen LogP contribution in [0.1, 0.15) is 19.8 Å². The minimum atomic E-state index is -0.607. The molecule has 8 heteroatoms. The molecule has 128 valence electrons. The van der Waals surface area contributed by atoms with Crippen LogP contribution in [0, 0.1) is 0 Å². The summed E-state index contributed by atoms with van der Waals surface area (Å²) in [5.41, 5.74) is 0. The van der Waals surface area contributed by atoms with Crippen LogP contribution >= 0.6 is 46.4 Å². The molecule has 0 saturated carbocycles. The lowest BCUT2D eigenvalue weighted by molar-refractivity contribution is -0.124. The SMILES string of the molecule is CCCC(OCC=O)Oc1c(Cl)cc(OCC=C(Cl)Cl)cc1Cl. The number of ether oxygens (including phenoxy) is 3. The molecule has 1 unspecified atom stereocenters. The van der Waals surface area contributed by atoms with Crippen molar-refractivity contribution in [3.63, 3.8) is 0 Å². The summed E-state index contributed by atoms with van der Waals surface area (Å²) < 4.78 is 16.5. The molecule has 1 atom stereocenters. The van der Waals surface area contributed by atoms with Crippen LogP contribution in [0.25, 0.3) is 0 Å². The van der Waals surface area contributed by atoms with Crippen LogP contribution in [0.2, 0.25) is 10.0 Å². The maximum atomic E-state index is 10.4. The lowest BCUT2D eigenvalue weighted by Gasteiger charge is -2.20. The van der Waals surface area contributed by atoms with Crippen molar-refractivity contribution in [2.75, 3.05) is 13.2 Å². The highest BCUT2D eigenvalue weighted by Crippen LogP contribution is 2.38. The first-order chi connectivity index (χ1) is 11.0. The summed E-state index contributed by atoms with van der Waals surface area (Å²) in [6.45, 7) is 2.08. The maximum Gasteiger partial charge on any atom is 0.200 e. The summed E-state index contributed by atoms with van der Waals surface area (Å²) in [5.74, 6) is 0.718. The number of carbonyl (C=O) groups is 1. The molecule has 0 aliphatic heterocycles. The summed E-state index contributed by atoms with van der Waals surface area (Å²) in [4.78, 5) is 10.4. The summed E-state index contributed by atoms with van der Waals surface area (Å²) >= 11 is 23.3. The number of carbonyl (C=O) groups excluding carboxylic acids is 1. The number of hydrogen-bond donors (Lipinski definition) is 0. The fourth-order valence-electron chi connectivity index (χ4n) is 1.62. The summed E-state index contributed by atoms with van der Waals surface area (Å²) in [6.07, 6.45) is 2.94. The van der Waals surface area contributed by atoms with Crippen molar-refractivity contribution in [3.8, 4) is 11.5 Å². The molecule has 0 N–H and O–H groups in total. The first-order valence-electron chi connectivity index (χ1n) is 6.82. The zero-order valence-electron chi connectivity index (χ0n) is 12.4. The van der Waals surface area contributed by atoms with Gasteiger partial charge in [0.15, 0.2) is 12.0 Å². The summed E-state index contributed by atoms with van der Waals surface area (Å²) in [7, 11) is 0. The van der Waals surface area contributed by atoms with Gasteiger partial charge in [-0.25, -0.2) is 0 Å². The first kappa shape index (κ1) is 20.4. The van der Waals surface area contributed by atoms with E-state index in [4.69, 9.17) is 60.6 Å². The molecular formula is C15H16Cl4O4. The number of hydrogen-bond acceptors (Lipinski definition) is 4. The Morgan fingerprint density at radius 2 is 1.87 bits per heavy atom. The molecule has 0 bridgehead atoms. The molecule has 4 nitrogen and oxygen atoms in total. The third-order valence-corrected chi connectivity index (χ3v) is 3.45. The van der Waals surface area contributed by atoms with E-state index in [1.807, 2.05) is 6.92 Å². The summed E-state index contributed by atoms with van der Waals surface area (Å²) in [5, 5.41) is 0.536. The third kappa shape index (κ3) is 7.64. The molecule has 0 fully saturated rings. The maximum absolute atomic E-state index is 10.4. The van der Waals surface area contributed by atoms with Crippen LogP contribution in [-0.4, -0.2) is 25.8 Å². The Hall–Kier alpha value is -0.650. The van der Waals surface area contributed by atoms with Gasteiger partial charge in [0.05, 0.1) is 10.0 Å². The molecule has 0 spiro atoms. The average molecular weight is 402 g/mol. The Bertz CT molecular complexity index is 521. The average Bonchev–Trinajstić information content (AvgIpc) is 2.48. The quantitative estimate of drug-likeness (QED) is 0.388. The lowest BCUT2D eigenvalue weighted by atomic mass is 10.3. The second kappa shape index (κ2) is 11.0. The zero-order chi connectivity index (χ0) is 17.2. The number of aldehydes is 1. The van der Waals surface area contributed by atoms with Crippen molar-refractivity contribution in [1.82, 2.24) is 0 Å². The molecule has 1 rings (SSSR count). The predicted octanol–water partition coefficient (Wildman–Crippen LogP) is 5.41. The van der Waals surface area contributed by atoms with Gasteiger partial charge in [0.1, 0.15) is 29.7 Å². The largest absolute Gasteiger partial charge is 0.489 e. The van der Waals surface area contributed by atoms with E-state index in [1.165, 1.54) is 6.08 Å². The van der Waals surface area contributed by atoms with Gasteiger partial charge in [0.2, 0.25) is 0 Å². The van der Waals surface area contributed by atoms with Gasteiger partial charge in [-0.15, -0.1) is 0 Å². The van der Waals surface area contributed by atoms with Crippen LogP contribution in [0.4, 0.5) is 0 Å². The highest BCUT2D eigenvalue weighted by molar-refractivity contribution is 6.55. The van der Waals surface area contributed by atoms with Gasteiger partial charge in [0.25, 0.3) is 0 Å². The van der Waals surface area contributed by atoms with Crippen LogP contribution in [0.5, 0.6) is 11.5 Å². The van der Waals surface area contributed by atoms with Crippen molar-refractivity contribution in [2.24, 2.45) is 0 Å². The fraction of sp³-hybridized carbons (Fsp3) is 0.400. The number of rotatable bonds is 10. The van der Waals surface area contributed by atoms with Crippen molar-refractivity contribution in [1.29, 1.82) is 0 Å². The van der Waals surface area contributed by atoms with Crippen LogP contribution in [-0.2, 0) is 9.53 Å².